The van der Waals surface area contributed by atoms with Gasteiger partial charge >= 0.3 is 6.09 Å². The lowest BCUT2D eigenvalue weighted by molar-refractivity contribution is 0.0935. The van der Waals surface area contributed by atoms with Crippen molar-refractivity contribution in [3.63, 3.8) is 0 Å². The number of pyridine rings is 2. The Morgan fingerprint density at radius 2 is 1.77 bits per heavy atom. The molecule has 4 aromatic heterocycles. The van der Waals surface area contributed by atoms with Crippen LogP contribution in [0.4, 0.5) is 25.2 Å². The summed E-state index contributed by atoms with van der Waals surface area (Å²) in [6.45, 7) is 3.41. The Morgan fingerprint density at radius 3 is 2.47 bits per heavy atom. The van der Waals surface area contributed by atoms with Crippen LogP contribution in [0.3, 0.4) is 0 Å². The molecule has 0 bridgehead atoms. The van der Waals surface area contributed by atoms with Gasteiger partial charge in [0.15, 0.2) is 34.5 Å². The maximum atomic E-state index is 13.7. The second kappa shape index (κ2) is 11.8. The summed E-state index contributed by atoms with van der Waals surface area (Å²) in [7, 11) is 0. The largest absolute Gasteiger partial charge is 0.465 e. The molecule has 0 saturated carbocycles. The molecule has 2 atom stereocenters. The van der Waals surface area contributed by atoms with Crippen LogP contribution in [0.5, 0.6) is 0 Å². The van der Waals surface area contributed by atoms with Gasteiger partial charge in [-0.1, -0.05) is 12.1 Å². The van der Waals surface area contributed by atoms with Crippen LogP contribution >= 0.6 is 0 Å². The minimum atomic E-state index is -1.25. The summed E-state index contributed by atoms with van der Waals surface area (Å²) in [4.78, 5) is 41.3. The molecule has 0 aliphatic heterocycles. The summed E-state index contributed by atoms with van der Waals surface area (Å²) in [5.41, 5.74) is 2.35. The standard InChI is InChI=1S/C28H22F2N10O3/c1-13(15-3-5-20(29)21(30)8-15)36-27(41)23-26(34-12-18(9-31)37-23)35-14(2)16-4-6-22(32-10-16)17-7-19-24(33-11-17)39-40-25(19)38-28(42)43/h3-8,10-14H,1-2H3,(H,34,35)(H,36,41)(H,42,43)(H2,33,38,39,40)/t13-,14+/m0/s1. The van der Waals surface area contributed by atoms with Gasteiger partial charge in [0, 0.05) is 18.0 Å². The van der Waals surface area contributed by atoms with Crippen LogP contribution in [0, 0.1) is 23.0 Å². The van der Waals surface area contributed by atoms with Crippen LogP contribution in [0.25, 0.3) is 22.3 Å². The van der Waals surface area contributed by atoms with Crippen molar-refractivity contribution in [3.05, 3.63) is 89.1 Å². The minimum absolute atomic E-state index is 0.0836. The third-order valence-electron chi connectivity index (χ3n) is 6.47. The van der Waals surface area contributed by atoms with Gasteiger partial charge in [0.1, 0.15) is 11.9 Å². The van der Waals surface area contributed by atoms with Crippen molar-refractivity contribution >= 4 is 34.7 Å². The first-order valence-corrected chi connectivity index (χ1v) is 12.7. The molecule has 0 radical (unpaired) electrons. The fraction of sp³-hybridized carbons (Fsp3) is 0.143. The lowest BCUT2D eigenvalue weighted by Gasteiger charge is -2.19. The van der Waals surface area contributed by atoms with Gasteiger partial charge in [-0.15, -0.1) is 0 Å². The fourth-order valence-corrected chi connectivity index (χ4v) is 4.20. The van der Waals surface area contributed by atoms with Crippen LogP contribution in [-0.2, 0) is 0 Å². The molecule has 0 aliphatic rings. The Kier molecular flexibility index (Phi) is 7.84. The molecular weight excluding hydrogens is 562 g/mol. The summed E-state index contributed by atoms with van der Waals surface area (Å²) in [6, 6.07) is 9.31. The molecule has 5 rings (SSSR count). The topological polar surface area (TPSA) is 194 Å². The second-order valence-corrected chi connectivity index (χ2v) is 9.40. The number of amides is 2. The van der Waals surface area contributed by atoms with E-state index in [9.17, 15) is 23.6 Å². The van der Waals surface area contributed by atoms with Crippen LogP contribution in [0.2, 0.25) is 0 Å². The maximum Gasteiger partial charge on any atom is 0.410 e. The van der Waals surface area contributed by atoms with Gasteiger partial charge in [-0.05, 0) is 49.2 Å². The van der Waals surface area contributed by atoms with Gasteiger partial charge in [0.25, 0.3) is 5.91 Å². The Hall–Kier alpha value is -6.04. The summed E-state index contributed by atoms with van der Waals surface area (Å²) in [6.07, 6.45) is 3.16. The van der Waals surface area contributed by atoms with Crippen molar-refractivity contribution in [1.82, 2.24) is 35.5 Å². The monoisotopic (exact) mass is 584 g/mol. The Morgan fingerprint density at radius 1 is 0.977 bits per heavy atom. The fourth-order valence-electron chi connectivity index (χ4n) is 4.20. The first-order chi connectivity index (χ1) is 20.6. The molecule has 15 heteroatoms. The Labute approximate surface area is 242 Å². The number of carbonyl (C=O) groups excluding carboxylic acids is 1. The number of benzene rings is 1. The number of carboxylic acid groups (broad SMARTS) is 1. The van der Waals surface area contributed by atoms with Gasteiger partial charge in [0.2, 0.25) is 0 Å². The predicted molar refractivity (Wildman–Crippen MR) is 150 cm³/mol. The van der Waals surface area contributed by atoms with Gasteiger partial charge in [-0.2, -0.15) is 10.4 Å². The molecule has 5 N–H and O–H groups in total. The Bertz CT molecular complexity index is 1890. The average molecular weight is 585 g/mol. The predicted octanol–water partition coefficient (Wildman–Crippen LogP) is 4.71. The van der Waals surface area contributed by atoms with E-state index in [4.69, 9.17) is 5.11 Å². The highest BCUT2D eigenvalue weighted by atomic mass is 19.2. The molecule has 1 aromatic carbocycles. The lowest BCUT2D eigenvalue weighted by Crippen LogP contribution is -2.29. The van der Waals surface area contributed by atoms with Crippen LogP contribution < -0.4 is 16.0 Å². The van der Waals surface area contributed by atoms with Crippen molar-refractivity contribution in [2.75, 3.05) is 10.6 Å². The molecule has 0 fully saturated rings. The zero-order valence-corrected chi connectivity index (χ0v) is 22.6. The molecule has 4 heterocycles. The number of H-pyrrole nitrogens is 1. The van der Waals surface area contributed by atoms with E-state index in [2.05, 4.69) is 46.1 Å². The molecule has 0 aliphatic carbocycles. The van der Waals surface area contributed by atoms with Crippen LogP contribution in [0.15, 0.2) is 55.0 Å². The van der Waals surface area contributed by atoms with Crippen molar-refractivity contribution < 1.29 is 23.5 Å². The minimum Gasteiger partial charge on any atom is -0.465 e. The van der Waals surface area contributed by atoms with E-state index >= 15 is 0 Å². The number of aromatic nitrogens is 6. The van der Waals surface area contributed by atoms with Crippen molar-refractivity contribution in [2.45, 2.75) is 25.9 Å². The number of carbonyl (C=O) groups is 2. The number of nitrogens with zero attached hydrogens (tertiary/aromatic N) is 6. The Balaban J connectivity index is 1.34. The first-order valence-electron chi connectivity index (χ1n) is 12.7. The number of nitriles is 1. The number of aromatic amines is 1. The highest BCUT2D eigenvalue weighted by Crippen LogP contribution is 2.27. The summed E-state index contributed by atoms with van der Waals surface area (Å²) >= 11 is 0. The number of halogens is 2. The molecule has 0 spiro atoms. The third kappa shape index (κ3) is 6.17. The molecule has 0 unspecified atom stereocenters. The number of anilines is 2. The normalized spacial score (nSPS) is 12.3. The maximum absolute atomic E-state index is 13.7. The van der Waals surface area contributed by atoms with Crippen molar-refractivity contribution in [1.29, 1.82) is 5.26 Å². The molecule has 5 aromatic rings. The zero-order chi connectivity index (χ0) is 30.7. The molecule has 216 valence electrons. The number of rotatable bonds is 8. The second-order valence-electron chi connectivity index (χ2n) is 9.40. The number of nitrogens with one attached hydrogen (secondary N) is 4. The van der Waals surface area contributed by atoms with E-state index < -0.39 is 35.7 Å². The van der Waals surface area contributed by atoms with Gasteiger partial charge in [-0.25, -0.2) is 28.5 Å². The molecule has 13 nitrogen and oxygen atoms in total. The third-order valence-corrected chi connectivity index (χ3v) is 6.47. The smallest absolute Gasteiger partial charge is 0.410 e. The quantitative estimate of drug-likeness (QED) is 0.170. The van der Waals surface area contributed by atoms with E-state index in [1.165, 1.54) is 12.3 Å². The molecule has 43 heavy (non-hydrogen) atoms. The van der Waals surface area contributed by atoms with E-state index in [1.54, 1.807) is 37.5 Å². The lowest BCUT2D eigenvalue weighted by atomic mass is 10.1. The van der Waals surface area contributed by atoms with Gasteiger partial charge < -0.3 is 15.7 Å². The highest BCUT2D eigenvalue weighted by molar-refractivity contribution is 5.97. The number of hydrogen-bond acceptors (Lipinski definition) is 9. The molecule has 2 amide bonds. The zero-order valence-electron chi connectivity index (χ0n) is 22.6. The van der Waals surface area contributed by atoms with Crippen LogP contribution in [-0.4, -0.2) is 47.2 Å². The van der Waals surface area contributed by atoms with Gasteiger partial charge in [0.05, 0.1) is 29.4 Å². The van der Waals surface area contributed by atoms with E-state index in [0.717, 1.165) is 17.7 Å². The number of hydrogen-bond donors (Lipinski definition) is 5. The highest BCUT2D eigenvalue weighted by Gasteiger charge is 2.21. The van der Waals surface area contributed by atoms with Gasteiger partial charge in [-0.3, -0.25) is 20.2 Å². The SMILES string of the molecule is C[C@H](NC(=O)c1nc(C#N)cnc1N[C@H](C)c1ccc(-c2cnc3n[nH]c(NC(=O)O)c3c2)nc1)c1ccc(F)c(F)c1. The summed E-state index contributed by atoms with van der Waals surface area (Å²) in [5, 5.41) is 33.4. The van der Waals surface area contributed by atoms with Crippen LogP contribution in [0.1, 0.15) is 53.2 Å². The van der Waals surface area contributed by atoms with E-state index in [1.807, 2.05) is 13.0 Å². The van der Waals surface area contributed by atoms with E-state index in [-0.39, 0.29) is 23.0 Å². The number of fused-ring (bicyclic) bond motifs is 1. The summed E-state index contributed by atoms with van der Waals surface area (Å²) in [5.74, 6) is -2.44. The molecular formula is C28H22F2N10O3. The van der Waals surface area contributed by atoms with Crippen molar-refractivity contribution in [2.24, 2.45) is 0 Å². The van der Waals surface area contributed by atoms with E-state index in [0.29, 0.717) is 27.9 Å². The first kappa shape index (κ1) is 28.5. The molecule has 0 saturated heterocycles. The summed E-state index contributed by atoms with van der Waals surface area (Å²) < 4.78 is 27.0. The van der Waals surface area contributed by atoms with Crippen molar-refractivity contribution in [3.8, 4) is 17.3 Å². The average Bonchev–Trinajstić information content (AvgIpc) is 3.39.